The third-order valence-corrected chi connectivity index (χ3v) is 3.21. The number of hydrogen-bond donors (Lipinski definition) is 2. The van der Waals surface area contributed by atoms with Crippen molar-refractivity contribution in [2.75, 3.05) is 11.1 Å². The fourth-order valence-corrected chi connectivity index (χ4v) is 2.14. The summed E-state index contributed by atoms with van der Waals surface area (Å²) in [7, 11) is 1.90. The van der Waals surface area contributed by atoms with E-state index >= 15 is 0 Å². The number of nitrogens with two attached hydrogens (primary N) is 1. The van der Waals surface area contributed by atoms with Crippen LogP contribution in [0, 0.1) is 6.92 Å². The Kier molecular flexibility index (Phi) is 3.55. The van der Waals surface area contributed by atoms with Crippen molar-refractivity contribution in [3.63, 3.8) is 0 Å². The van der Waals surface area contributed by atoms with Gasteiger partial charge in [-0.2, -0.15) is 5.10 Å². The lowest BCUT2D eigenvalue weighted by atomic mass is 10.1. The summed E-state index contributed by atoms with van der Waals surface area (Å²) in [6, 6.07) is 8.44. The van der Waals surface area contributed by atoms with Crippen LogP contribution in [0.1, 0.15) is 23.7 Å². The molecule has 0 radical (unpaired) electrons. The number of nitrogen functional groups attached to an aromatic ring is 1. The minimum atomic E-state index is 0.728. The van der Waals surface area contributed by atoms with E-state index in [-0.39, 0.29) is 0 Å². The molecule has 1 aromatic heterocycles. The van der Waals surface area contributed by atoms with E-state index in [1.165, 1.54) is 11.1 Å². The van der Waals surface area contributed by atoms with E-state index in [2.05, 4.69) is 41.6 Å². The highest BCUT2D eigenvalue weighted by Gasteiger charge is 2.09. The van der Waals surface area contributed by atoms with Gasteiger partial charge in [-0.3, -0.25) is 4.68 Å². The first-order valence-corrected chi connectivity index (χ1v) is 6.23. The van der Waals surface area contributed by atoms with Gasteiger partial charge in [-0.15, -0.1) is 0 Å². The van der Waals surface area contributed by atoms with Crippen LogP contribution in [0.3, 0.4) is 0 Å². The van der Waals surface area contributed by atoms with Gasteiger partial charge in [0.15, 0.2) is 0 Å². The summed E-state index contributed by atoms with van der Waals surface area (Å²) in [6.45, 7) is 4.86. The summed E-state index contributed by atoms with van der Waals surface area (Å²) in [4.78, 5) is 0. The molecule has 1 heterocycles. The molecular formula is C14H20N4. The predicted molar refractivity (Wildman–Crippen MR) is 75.5 cm³/mol. The minimum Gasteiger partial charge on any atom is -0.394 e. The zero-order valence-electron chi connectivity index (χ0n) is 11.2. The Bertz CT molecular complexity index is 543. The van der Waals surface area contributed by atoms with Gasteiger partial charge in [0, 0.05) is 13.6 Å². The summed E-state index contributed by atoms with van der Waals surface area (Å²) < 4.78 is 1.79. The van der Waals surface area contributed by atoms with E-state index < -0.39 is 0 Å². The van der Waals surface area contributed by atoms with Crippen molar-refractivity contribution in [1.29, 1.82) is 0 Å². The standard InChI is InChI=1S/C14H20N4/c1-4-11-7-5-6-8-12(11)9-16-14-13(15)10(2)17-18(14)3/h5-8,16H,4,9,15H2,1-3H3. The Morgan fingerprint density at radius 1 is 1.28 bits per heavy atom. The number of benzene rings is 1. The van der Waals surface area contributed by atoms with Crippen LogP contribution in [-0.2, 0) is 20.0 Å². The first-order chi connectivity index (χ1) is 8.63. The van der Waals surface area contributed by atoms with E-state index in [4.69, 9.17) is 5.73 Å². The van der Waals surface area contributed by atoms with Crippen molar-refractivity contribution in [1.82, 2.24) is 9.78 Å². The molecule has 0 atom stereocenters. The molecular weight excluding hydrogens is 224 g/mol. The van der Waals surface area contributed by atoms with Crippen LogP contribution in [0.15, 0.2) is 24.3 Å². The number of aryl methyl sites for hydroxylation is 3. The molecule has 0 saturated carbocycles. The molecule has 0 spiro atoms. The van der Waals surface area contributed by atoms with Crippen molar-refractivity contribution in [2.24, 2.45) is 7.05 Å². The van der Waals surface area contributed by atoms with Gasteiger partial charge >= 0.3 is 0 Å². The molecule has 0 bridgehead atoms. The Hall–Kier alpha value is -1.97. The van der Waals surface area contributed by atoms with Gasteiger partial charge in [0.1, 0.15) is 5.82 Å². The second-order valence-electron chi connectivity index (χ2n) is 4.45. The normalized spacial score (nSPS) is 10.6. The van der Waals surface area contributed by atoms with Crippen LogP contribution in [0.4, 0.5) is 11.5 Å². The van der Waals surface area contributed by atoms with Crippen LogP contribution in [0.25, 0.3) is 0 Å². The Morgan fingerprint density at radius 3 is 2.50 bits per heavy atom. The summed E-state index contributed by atoms with van der Waals surface area (Å²) in [5.41, 5.74) is 10.3. The second kappa shape index (κ2) is 5.12. The monoisotopic (exact) mass is 244 g/mol. The molecule has 4 nitrogen and oxygen atoms in total. The maximum Gasteiger partial charge on any atom is 0.148 e. The molecule has 0 amide bonds. The van der Waals surface area contributed by atoms with Crippen molar-refractivity contribution in [3.8, 4) is 0 Å². The quantitative estimate of drug-likeness (QED) is 0.868. The van der Waals surface area contributed by atoms with Crippen molar-refractivity contribution in [3.05, 3.63) is 41.1 Å². The van der Waals surface area contributed by atoms with Gasteiger partial charge < -0.3 is 11.1 Å². The third-order valence-electron chi connectivity index (χ3n) is 3.21. The van der Waals surface area contributed by atoms with Gasteiger partial charge in [0.25, 0.3) is 0 Å². The minimum absolute atomic E-state index is 0.728. The predicted octanol–water partition coefficient (Wildman–Crippen LogP) is 2.49. The van der Waals surface area contributed by atoms with Crippen molar-refractivity contribution >= 4 is 11.5 Å². The molecule has 96 valence electrons. The van der Waals surface area contributed by atoms with E-state index in [9.17, 15) is 0 Å². The SMILES string of the molecule is CCc1ccccc1CNc1c(N)c(C)nn1C. The molecule has 3 N–H and O–H groups in total. The molecule has 0 aliphatic carbocycles. The fourth-order valence-electron chi connectivity index (χ4n) is 2.14. The molecule has 18 heavy (non-hydrogen) atoms. The number of hydrogen-bond acceptors (Lipinski definition) is 3. The maximum atomic E-state index is 5.99. The first-order valence-electron chi connectivity index (χ1n) is 6.23. The molecule has 2 rings (SSSR count). The second-order valence-corrected chi connectivity index (χ2v) is 4.45. The smallest absolute Gasteiger partial charge is 0.148 e. The molecule has 1 aromatic carbocycles. The van der Waals surface area contributed by atoms with Gasteiger partial charge in [0.2, 0.25) is 0 Å². The number of nitrogens with one attached hydrogen (secondary N) is 1. The number of nitrogens with zero attached hydrogens (tertiary/aromatic N) is 2. The van der Waals surface area contributed by atoms with E-state index in [1.807, 2.05) is 14.0 Å². The maximum absolute atomic E-state index is 5.99. The van der Waals surface area contributed by atoms with E-state index in [0.29, 0.717) is 0 Å². The third kappa shape index (κ3) is 2.32. The Morgan fingerprint density at radius 2 is 1.94 bits per heavy atom. The molecule has 0 fully saturated rings. The van der Waals surface area contributed by atoms with Crippen molar-refractivity contribution in [2.45, 2.75) is 26.8 Å². The molecule has 0 aliphatic heterocycles. The number of anilines is 2. The van der Waals surface area contributed by atoms with E-state index in [1.54, 1.807) is 4.68 Å². The van der Waals surface area contributed by atoms with Crippen LogP contribution in [-0.4, -0.2) is 9.78 Å². The van der Waals surface area contributed by atoms with Crippen LogP contribution < -0.4 is 11.1 Å². The van der Waals surface area contributed by atoms with Crippen LogP contribution in [0.5, 0.6) is 0 Å². The summed E-state index contributed by atoms with van der Waals surface area (Å²) in [5, 5.41) is 7.66. The highest BCUT2D eigenvalue weighted by Crippen LogP contribution is 2.22. The summed E-state index contributed by atoms with van der Waals surface area (Å²) >= 11 is 0. The van der Waals surface area contributed by atoms with Crippen LogP contribution >= 0.6 is 0 Å². The van der Waals surface area contributed by atoms with E-state index in [0.717, 1.165) is 30.2 Å². The van der Waals surface area contributed by atoms with Gasteiger partial charge in [-0.05, 0) is 24.5 Å². The lowest BCUT2D eigenvalue weighted by Crippen LogP contribution is -2.07. The number of aromatic nitrogens is 2. The fraction of sp³-hybridized carbons (Fsp3) is 0.357. The average Bonchev–Trinajstić information content (AvgIpc) is 2.62. The summed E-state index contributed by atoms with van der Waals surface area (Å²) in [6.07, 6.45) is 1.04. The first kappa shape index (κ1) is 12.5. The average molecular weight is 244 g/mol. The molecule has 4 heteroatoms. The lowest BCUT2D eigenvalue weighted by Gasteiger charge is -2.11. The van der Waals surface area contributed by atoms with Gasteiger partial charge in [-0.25, -0.2) is 0 Å². The molecule has 0 aliphatic rings. The van der Waals surface area contributed by atoms with Crippen LogP contribution in [0.2, 0.25) is 0 Å². The van der Waals surface area contributed by atoms with Gasteiger partial charge in [-0.1, -0.05) is 31.2 Å². The number of rotatable bonds is 4. The van der Waals surface area contributed by atoms with Gasteiger partial charge in [0.05, 0.1) is 11.4 Å². The topological polar surface area (TPSA) is 55.9 Å². The summed E-state index contributed by atoms with van der Waals surface area (Å²) in [5.74, 6) is 0.887. The lowest BCUT2D eigenvalue weighted by molar-refractivity contribution is 0.757. The van der Waals surface area contributed by atoms with Crippen molar-refractivity contribution < 1.29 is 0 Å². The Balaban J connectivity index is 2.16. The molecule has 2 aromatic rings. The Labute approximate surface area is 108 Å². The molecule has 0 saturated heterocycles. The highest BCUT2D eigenvalue weighted by atomic mass is 15.3. The zero-order valence-corrected chi connectivity index (χ0v) is 11.2. The zero-order chi connectivity index (χ0) is 13.1. The largest absolute Gasteiger partial charge is 0.394 e. The highest BCUT2D eigenvalue weighted by molar-refractivity contribution is 5.64. The molecule has 0 unspecified atom stereocenters.